The largest absolute Gasteiger partial charge is 0.0683 e. The van der Waals surface area contributed by atoms with Crippen molar-refractivity contribution in [1.82, 2.24) is 0 Å². The first-order chi connectivity index (χ1) is 7.31. The van der Waals surface area contributed by atoms with E-state index in [1.807, 2.05) is 13.8 Å². The molecule has 15 heavy (non-hydrogen) atoms. The Morgan fingerprint density at radius 1 is 1.27 bits per heavy atom. The quantitative estimate of drug-likeness (QED) is 0.646. The van der Waals surface area contributed by atoms with Crippen LogP contribution in [0.2, 0.25) is 0 Å². The van der Waals surface area contributed by atoms with E-state index in [9.17, 15) is 0 Å². The van der Waals surface area contributed by atoms with Gasteiger partial charge in [0, 0.05) is 0 Å². The van der Waals surface area contributed by atoms with Crippen molar-refractivity contribution in [2.75, 3.05) is 0 Å². The summed E-state index contributed by atoms with van der Waals surface area (Å²) in [5.41, 5.74) is 4.65. The number of benzene rings is 1. The zero-order chi connectivity index (χ0) is 11.3. The maximum absolute atomic E-state index is 2.37. The Kier molecular flexibility index (Phi) is 4.87. The minimum absolute atomic E-state index is 0.862. The van der Waals surface area contributed by atoms with Crippen molar-refractivity contribution in [1.29, 1.82) is 0 Å². The van der Waals surface area contributed by atoms with E-state index in [1.54, 1.807) is 11.1 Å². The van der Waals surface area contributed by atoms with Crippen LogP contribution in [0, 0.1) is 6.92 Å². The Balaban J connectivity index is 0.000000531. The van der Waals surface area contributed by atoms with E-state index in [4.69, 9.17) is 0 Å². The predicted molar refractivity (Wildman–Crippen MR) is 68.5 cm³/mol. The second kappa shape index (κ2) is 5.95. The van der Waals surface area contributed by atoms with Gasteiger partial charge in [-0.2, -0.15) is 0 Å². The highest BCUT2D eigenvalue weighted by Crippen LogP contribution is 2.36. The lowest BCUT2D eigenvalue weighted by molar-refractivity contribution is 0.608. The molecule has 0 bridgehead atoms. The molecule has 0 spiro atoms. The van der Waals surface area contributed by atoms with Crippen molar-refractivity contribution in [3.8, 4) is 0 Å². The van der Waals surface area contributed by atoms with Gasteiger partial charge in [0.15, 0.2) is 0 Å². The molecular weight excluding hydrogens is 180 g/mol. The minimum atomic E-state index is 0.862. The van der Waals surface area contributed by atoms with Crippen LogP contribution in [-0.2, 0) is 6.42 Å². The number of hydrogen-bond acceptors (Lipinski definition) is 0. The molecule has 1 aliphatic rings. The highest BCUT2D eigenvalue weighted by atomic mass is 14.3. The molecule has 0 saturated heterocycles. The average Bonchev–Trinajstić information content (AvgIpc) is 2.64. The fourth-order valence-corrected chi connectivity index (χ4v) is 2.48. The zero-order valence-electron chi connectivity index (χ0n) is 10.6. The smallest absolute Gasteiger partial charge is 0.0156 e. The summed E-state index contributed by atoms with van der Waals surface area (Å²) in [5.74, 6) is 0.862. The van der Waals surface area contributed by atoms with Crippen molar-refractivity contribution in [3.05, 3.63) is 34.9 Å². The molecule has 0 heteroatoms. The van der Waals surface area contributed by atoms with Crippen LogP contribution in [-0.4, -0.2) is 0 Å². The molecule has 0 nitrogen and oxygen atoms in total. The molecule has 0 aliphatic heterocycles. The molecular formula is C15H24. The minimum Gasteiger partial charge on any atom is -0.0683 e. The lowest BCUT2D eigenvalue weighted by atomic mass is 9.96. The van der Waals surface area contributed by atoms with Crippen LogP contribution >= 0.6 is 0 Å². The summed E-state index contributed by atoms with van der Waals surface area (Å²) >= 11 is 0. The summed E-state index contributed by atoms with van der Waals surface area (Å²) in [7, 11) is 0. The van der Waals surface area contributed by atoms with Gasteiger partial charge in [-0.25, -0.2) is 0 Å². The number of rotatable bonds is 2. The summed E-state index contributed by atoms with van der Waals surface area (Å²) in [5, 5.41) is 0. The Bertz CT molecular complexity index is 299. The topological polar surface area (TPSA) is 0 Å². The summed E-state index contributed by atoms with van der Waals surface area (Å²) in [6, 6.07) is 6.97. The molecule has 84 valence electrons. The molecule has 0 saturated carbocycles. The van der Waals surface area contributed by atoms with Crippen molar-refractivity contribution < 1.29 is 0 Å². The van der Waals surface area contributed by atoms with Gasteiger partial charge in [-0.05, 0) is 43.2 Å². The molecule has 1 aromatic carbocycles. The Labute approximate surface area is 94.7 Å². The molecule has 2 rings (SSSR count). The van der Waals surface area contributed by atoms with Crippen molar-refractivity contribution >= 4 is 0 Å². The first kappa shape index (κ1) is 12.3. The van der Waals surface area contributed by atoms with Gasteiger partial charge in [0.25, 0.3) is 0 Å². The zero-order valence-corrected chi connectivity index (χ0v) is 10.6. The molecule has 1 aliphatic carbocycles. The van der Waals surface area contributed by atoms with E-state index in [0.29, 0.717) is 0 Å². The van der Waals surface area contributed by atoms with Gasteiger partial charge in [-0.15, -0.1) is 0 Å². The van der Waals surface area contributed by atoms with Gasteiger partial charge in [0.2, 0.25) is 0 Å². The van der Waals surface area contributed by atoms with Gasteiger partial charge >= 0.3 is 0 Å². The molecule has 0 fully saturated rings. The van der Waals surface area contributed by atoms with Crippen LogP contribution in [0.1, 0.15) is 62.6 Å². The molecule has 0 radical (unpaired) electrons. The molecule has 0 amide bonds. The number of hydrogen-bond donors (Lipinski definition) is 0. The SMILES string of the molecule is CC.CCCC1CCc2cc(C)ccc21. The molecule has 0 N–H and O–H groups in total. The van der Waals surface area contributed by atoms with Crippen LogP contribution in [0.5, 0.6) is 0 Å². The standard InChI is InChI=1S/C13H18.C2H6/c1-3-4-11-6-7-12-9-10(2)5-8-13(11)12;1-2/h5,8-9,11H,3-4,6-7H2,1-2H3;1-2H3. The summed E-state index contributed by atoms with van der Waals surface area (Å²) in [6.07, 6.45) is 5.38. The average molecular weight is 204 g/mol. The van der Waals surface area contributed by atoms with Crippen molar-refractivity contribution in [3.63, 3.8) is 0 Å². The molecule has 1 unspecified atom stereocenters. The fourth-order valence-electron chi connectivity index (χ4n) is 2.48. The third-order valence-electron chi connectivity index (χ3n) is 3.14. The van der Waals surface area contributed by atoms with Gasteiger partial charge in [-0.1, -0.05) is 51.0 Å². The third kappa shape index (κ3) is 2.84. The molecule has 1 atom stereocenters. The molecule has 0 aromatic heterocycles. The number of fused-ring (bicyclic) bond motifs is 1. The predicted octanol–water partition coefficient (Wildman–Crippen LogP) is 4.85. The molecule has 1 aromatic rings. The summed E-state index contributed by atoms with van der Waals surface area (Å²) in [4.78, 5) is 0. The second-order valence-corrected chi connectivity index (χ2v) is 4.23. The normalized spacial score (nSPS) is 18.0. The lowest BCUT2D eigenvalue weighted by Crippen LogP contribution is -1.92. The second-order valence-electron chi connectivity index (χ2n) is 4.23. The first-order valence-electron chi connectivity index (χ1n) is 6.40. The van der Waals surface area contributed by atoms with Crippen LogP contribution < -0.4 is 0 Å². The van der Waals surface area contributed by atoms with Gasteiger partial charge < -0.3 is 0 Å². The van der Waals surface area contributed by atoms with Gasteiger partial charge in [0.1, 0.15) is 0 Å². The maximum Gasteiger partial charge on any atom is -0.0156 e. The van der Waals surface area contributed by atoms with E-state index in [-0.39, 0.29) is 0 Å². The molecule has 0 heterocycles. The van der Waals surface area contributed by atoms with Gasteiger partial charge in [0.05, 0.1) is 0 Å². The van der Waals surface area contributed by atoms with E-state index in [1.165, 1.54) is 31.2 Å². The van der Waals surface area contributed by atoms with Crippen LogP contribution in [0.3, 0.4) is 0 Å². The van der Waals surface area contributed by atoms with E-state index in [2.05, 4.69) is 32.0 Å². The maximum atomic E-state index is 2.37. The number of aryl methyl sites for hydroxylation is 2. The van der Waals surface area contributed by atoms with E-state index in [0.717, 1.165) is 5.92 Å². The van der Waals surface area contributed by atoms with E-state index < -0.39 is 0 Å². The highest BCUT2D eigenvalue weighted by molar-refractivity contribution is 5.37. The van der Waals surface area contributed by atoms with Crippen molar-refractivity contribution in [2.24, 2.45) is 0 Å². The Morgan fingerprint density at radius 3 is 2.67 bits per heavy atom. The fraction of sp³-hybridized carbons (Fsp3) is 0.600. The summed E-state index contributed by atoms with van der Waals surface area (Å²) < 4.78 is 0. The van der Waals surface area contributed by atoms with Crippen molar-refractivity contribution in [2.45, 2.75) is 59.3 Å². The Hall–Kier alpha value is -0.780. The van der Waals surface area contributed by atoms with Gasteiger partial charge in [-0.3, -0.25) is 0 Å². The van der Waals surface area contributed by atoms with Crippen LogP contribution in [0.4, 0.5) is 0 Å². The van der Waals surface area contributed by atoms with Crippen LogP contribution in [0.15, 0.2) is 18.2 Å². The van der Waals surface area contributed by atoms with Crippen LogP contribution in [0.25, 0.3) is 0 Å². The third-order valence-corrected chi connectivity index (χ3v) is 3.14. The summed E-state index contributed by atoms with van der Waals surface area (Å²) in [6.45, 7) is 8.47. The lowest BCUT2D eigenvalue weighted by Gasteiger charge is -2.09. The first-order valence-corrected chi connectivity index (χ1v) is 6.40. The van der Waals surface area contributed by atoms with E-state index >= 15 is 0 Å². The highest BCUT2D eigenvalue weighted by Gasteiger charge is 2.20. The Morgan fingerprint density at radius 2 is 2.00 bits per heavy atom. The monoisotopic (exact) mass is 204 g/mol.